The first-order valence-electron chi connectivity index (χ1n) is 7.18. The number of pyridine rings is 1. The second-order valence-corrected chi connectivity index (χ2v) is 6.11. The summed E-state index contributed by atoms with van der Waals surface area (Å²) in [7, 11) is 1.44. The zero-order chi connectivity index (χ0) is 16.4. The van der Waals surface area contributed by atoms with Crippen LogP contribution in [0.25, 0.3) is 0 Å². The fraction of sp³-hybridized carbons (Fsp3) is 0.400. The van der Waals surface area contributed by atoms with Gasteiger partial charge in [0.2, 0.25) is 0 Å². The van der Waals surface area contributed by atoms with Gasteiger partial charge in [0.1, 0.15) is 16.9 Å². The number of ether oxygens (including phenoxy) is 2. The molecular weight excluding hydrogens is 318 g/mol. The summed E-state index contributed by atoms with van der Waals surface area (Å²) in [4.78, 5) is 32.7. The Morgan fingerprint density at radius 1 is 1.57 bits per heavy atom. The van der Waals surface area contributed by atoms with Crippen LogP contribution >= 0.6 is 11.3 Å². The van der Waals surface area contributed by atoms with Crippen LogP contribution in [0.4, 0.5) is 0 Å². The highest BCUT2D eigenvalue weighted by molar-refractivity contribution is 7.09. The van der Waals surface area contributed by atoms with E-state index in [9.17, 15) is 9.59 Å². The van der Waals surface area contributed by atoms with Gasteiger partial charge in [0.25, 0.3) is 11.5 Å². The lowest BCUT2D eigenvalue weighted by Crippen LogP contribution is -2.42. The molecular formula is C15H17N3O4S. The Balaban J connectivity index is 1.81. The third-order valence-electron chi connectivity index (χ3n) is 3.60. The molecule has 1 saturated heterocycles. The predicted octanol–water partition coefficient (Wildman–Crippen LogP) is 1.36. The second-order valence-electron chi connectivity index (χ2n) is 5.22. The van der Waals surface area contributed by atoms with Crippen molar-refractivity contribution in [2.45, 2.75) is 13.0 Å². The van der Waals surface area contributed by atoms with Crippen molar-refractivity contribution in [3.63, 3.8) is 0 Å². The molecule has 1 aliphatic rings. The molecule has 122 valence electrons. The number of nitrogens with one attached hydrogen (secondary N) is 1. The highest BCUT2D eigenvalue weighted by Gasteiger charge is 2.29. The van der Waals surface area contributed by atoms with Gasteiger partial charge in [-0.1, -0.05) is 0 Å². The van der Waals surface area contributed by atoms with E-state index in [4.69, 9.17) is 9.47 Å². The van der Waals surface area contributed by atoms with Gasteiger partial charge < -0.3 is 19.4 Å². The van der Waals surface area contributed by atoms with E-state index in [1.165, 1.54) is 30.7 Å². The summed E-state index contributed by atoms with van der Waals surface area (Å²) in [5, 5.41) is 2.83. The molecule has 3 rings (SSSR count). The number of carbonyl (C=O) groups excluding carboxylic acids is 1. The van der Waals surface area contributed by atoms with Crippen molar-refractivity contribution in [3.05, 3.63) is 44.3 Å². The van der Waals surface area contributed by atoms with Gasteiger partial charge in [-0.25, -0.2) is 4.98 Å². The van der Waals surface area contributed by atoms with Crippen molar-refractivity contribution < 1.29 is 14.3 Å². The number of methoxy groups -OCH3 is 1. The average Bonchev–Trinajstić information content (AvgIpc) is 3.01. The molecule has 8 heteroatoms. The quantitative estimate of drug-likeness (QED) is 0.915. The molecule has 1 N–H and O–H groups in total. The van der Waals surface area contributed by atoms with E-state index in [1.807, 2.05) is 12.3 Å². The number of thiazole rings is 1. The first-order chi connectivity index (χ1) is 11.1. The Kier molecular flexibility index (Phi) is 4.44. The molecule has 1 aliphatic heterocycles. The summed E-state index contributed by atoms with van der Waals surface area (Å²) in [6, 6.07) is 1.27. The summed E-state index contributed by atoms with van der Waals surface area (Å²) < 4.78 is 10.9. The first kappa shape index (κ1) is 15.7. The molecule has 23 heavy (non-hydrogen) atoms. The lowest BCUT2D eigenvalue weighted by atomic mass is 10.2. The van der Waals surface area contributed by atoms with Gasteiger partial charge in [-0.2, -0.15) is 0 Å². The Labute approximate surface area is 136 Å². The van der Waals surface area contributed by atoms with Gasteiger partial charge in [-0.3, -0.25) is 9.59 Å². The van der Waals surface area contributed by atoms with Gasteiger partial charge in [0.15, 0.2) is 0 Å². The maximum Gasteiger partial charge on any atom is 0.259 e. The molecule has 0 radical (unpaired) electrons. The lowest BCUT2D eigenvalue weighted by molar-refractivity contribution is -0.0230. The van der Waals surface area contributed by atoms with Crippen LogP contribution in [0.3, 0.4) is 0 Å². The van der Waals surface area contributed by atoms with Gasteiger partial charge in [-0.05, 0) is 6.92 Å². The van der Waals surface area contributed by atoms with Crippen LogP contribution in [0.15, 0.2) is 22.4 Å². The summed E-state index contributed by atoms with van der Waals surface area (Å²) in [6.45, 7) is 3.29. The standard InChI is InChI=1S/C15H17N3O4S/c1-9-8-23-14(17-9)12-7-18(3-4-22-12)15(20)10-6-16-13(19)5-11(10)21-2/h5-6,8,12H,3-4,7H2,1-2H3,(H,16,19). The maximum absolute atomic E-state index is 12.7. The minimum Gasteiger partial charge on any atom is -0.496 e. The molecule has 1 fully saturated rings. The normalized spacial score (nSPS) is 18.0. The van der Waals surface area contributed by atoms with Crippen molar-refractivity contribution in [2.75, 3.05) is 26.8 Å². The average molecular weight is 335 g/mol. The molecule has 0 spiro atoms. The van der Waals surface area contributed by atoms with Gasteiger partial charge >= 0.3 is 0 Å². The minimum absolute atomic E-state index is 0.195. The number of rotatable bonds is 3. The Bertz CT molecular complexity index is 770. The maximum atomic E-state index is 12.7. The topological polar surface area (TPSA) is 84.5 Å². The molecule has 0 aromatic carbocycles. The van der Waals surface area contributed by atoms with E-state index in [1.54, 1.807) is 4.90 Å². The molecule has 2 aromatic heterocycles. The Morgan fingerprint density at radius 2 is 2.39 bits per heavy atom. The van der Waals surface area contributed by atoms with Crippen LogP contribution in [-0.4, -0.2) is 47.6 Å². The third-order valence-corrected chi connectivity index (χ3v) is 4.66. The Morgan fingerprint density at radius 3 is 3.09 bits per heavy atom. The molecule has 2 aromatic rings. The highest BCUT2D eigenvalue weighted by Crippen LogP contribution is 2.27. The molecule has 1 unspecified atom stereocenters. The van der Waals surface area contributed by atoms with Crippen LogP contribution in [0.5, 0.6) is 5.75 Å². The van der Waals surface area contributed by atoms with Crippen molar-refractivity contribution >= 4 is 17.2 Å². The first-order valence-corrected chi connectivity index (χ1v) is 8.06. The zero-order valence-electron chi connectivity index (χ0n) is 12.9. The molecule has 7 nitrogen and oxygen atoms in total. The largest absolute Gasteiger partial charge is 0.496 e. The number of carbonyl (C=O) groups is 1. The van der Waals surface area contributed by atoms with Gasteiger partial charge in [0.05, 0.1) is 25.8 Å². The van der Waals surface area contributed by atoms with E-state index in [0.717, 1.165) is 10.7 Å². The predicted molar refractivity (Wildman–Crippen MR) is 85.1 cm³/mol. The highest BCUT2D eigenvalue weighted by atomic mass is 32.1. The van der Waals surface area contributed by atoms with E-state index in [2.05, 4.69) is 9.97 Å². The van der Waals surface area contributed by atoms with E-state index in [-0.39, 0.29) is 23.3 Å². The number of amides is 1. The number of nitrogens with zero attached hydrogens (tertiary/aromatic N) is 2. The number of aromatic amines is 1. The number of aromatic nitrogens is 2. The van der Waals surface area contributed by atoms with Crippen LogP contribution in [0, 0.1) is 6.92 Å². The third kappa shape index (κ3) is 3.27. The van der Waals surface area contributed by atoms with Crippen LogP contribution < -0.4 is 10.3 Å². The van der Waals surface area contributed by atoms with Crippen LogP contribution in [-0.2, 0) is 4.74 Å². The molecule has 1 atom stereocenters. The van der Waals surface area contributed by atoms with Crippen LogP contribution in [0.1, 0.15) is 27.2 Å². The summed E-state index contributed by atoms with van der Waals surface area (Å²) in [6.07, 6.45) is 1.17. The lowest BCUT2D eigenvalue weighted by Gasteiger charge is -2.32. The van der Waals surface area contributed by atoms with E-state index < -0.39 is 0 Å². The van der Waals surface area contributed by atoms with E-state index >= 15 is 0 Å². The van der Waals surface area contributed by atoms with Crippen molar-refractivity contribution in [3.8, 4) is 5.75 Å². The number of hydrogen-bond donors (Lipinski definition) is 1. The Hall–Kier alpha value is -2.19. The van der Waals surface area contributed by atoms with Crippen molar-refractivity contribution in [1.29, 1.82) is 0 Å². The molecule has 3 heterocycles. The number of morpholine rings is 1. The van der Waals surface area contributed by atoms with E-state index in [0.29, 0.717) is 25.3 Å². The minimum atomic E-state index is -0.309. The van der Waals surface area contributed by atoms with Crippen molar-refractivity contribution in [2.24, 2.45) is 0 Å². The molecule has 0 bridgehead atoms. The van der Waals surface area contributed by atoms with Crippen molar-refractivity contribution in [1.82, 2.24) is 14.9 Å². The second kappa shape index (κ2) is 6.51. The summed E-state index contributed by atoms with van der Waals surface area (Å²) >= 11 is 1.53. The zero-order valence-corrected chi connectivity index (χ0v) is 13.7. The SMILES string of the molecule is COc1cc(=O)[nH]cc1C(=O)N1CCOC(c2nc(C)cs2)C1. The fourth-order valence-corrected chi connectivity index (χ4v) is 3.30. The summed E-state index contributed by atoms with van der Waals surface area (Å²) in [5.74, 6) is 0.0755. The number of hydrogen-bond acceptors (Lipinski definition) is 6. The summed E-state index contributed by atoms with van der Waals surface area (Å²) in [5.41, 5.74) is 0.971. The smallest absolute Gasteiger partial charge is 0.259 e. The van der Waals surface area contributed by atoms with Crippen LogP contribution in [0.2, 0.25) is 0 Å². The number of aryl methyl sites for hydroxylation is 1. The fourth-order valence-electron chi connectivity index (χ4n) is 2.46. The molecule has 0 aliphatic carbocycles. The number of H-pyrrole nitrogens is 1. The monoisotopic (exact) mass is 335 g/mol. The molecule has 1 amide bonds. The molecule has 0 saturated carbocycles. The van der Waals surface area contributed by atoms with Gasteiger partial charge in [0, 0.05) is 29.9 Å². The van der Waals surface area contributed by atoms with Gasteiger partial charge in [-0.15, -0.1) is 11.3 Å².